The molecule has 3 amide bonds. The van der Waals surface area contributed by atoms with Crippen LogP contribution in [0.3, 0.4) is 0 Å². The first kappa shape index (κ1) is 23.1. The van der Waals surface area contributed by atoms with Crippen molar-refractivity contribution in [3.8, 4) is 11.5 Å². The van der Waals surface area contributed by atoms with Crippen LogP contribution in [0.25, 0.3) is 0 Å². The van der Waals surface area contributed by atoms with Gasteiger partial charge in [-0.15, -0.1) is 0 Å². The number of hydrogen-bond acceptors (Lipinski definition) is 5. The van der Waals surface area contributed by atoms with Crippen molar-refractivity contribution in [2.75, 3.05) is 33.9 Å². The Hall–Kier alpha value is -3.55. The van der Waals surface area contributed by atoms with E-state index in [0.717, 1.165) is 5.56 Å². The predicted octanol–water partition coefficient (Wildman–Crippen LogP) is 1.78. The maximum absolute atomic E-state index is 12.5. The number of piperidine rings is 1. The van der Waals surface area contributed by atoms with Gasteiger partial charge >= 0.3 is 0 Å². The summed E-state index contributed by atoms with van der Waals surface area (Å²) in [6.07, 6.45) is 1.59. The Morgan fingerprint density at radius 1 is 0.969 bits per heavy atom. The van der Waals surface area contributed by atoms with Gasteiger partial charge in [0, 0.05) is 24.7 Å². The van der Waals surface area contributed by atoms with E-state index in [2.05, 4.69) is 10.6 Å². The number of likely N-dealkylation sites (tertiary alicyclic amines) is 1. The van der Waals surface area contributed by atoms with Crippen LogP contribution in [0.15, 0.2) is 48.5 Å². The Labute approximate surface area is 187 Å². The highest BCUT2D eigenvalue weighted by Gasteiger charge is 2.24. The molecule has 1 fully saturated rings. The largest absolute Gasteiger partial charge is 0.493 e. The van der Waals surface area contributed by atoms with Gasteiger partial charge in [0.2, 0.25) is 11.8 Å². The van der Waals surface area contributed by atoms with E-state index in [-0.39, 0.29) is 36.7 Å². The minimum atomic E-state index is -0.267. The molecule has 1 aliphatic heterocycles. The summed E-state index contributed by atoms with van der Waals surface area (Å²) in [5.41, 5.74) is 1.36. The van der Waals surface area contributed by atoms with Gasteiger partial charge in [0.25, 0.3) is 5.91 Å². The highest BCUT2D eigenvalue weighted by atomic mass is 16.5. The summed E-state index contributed by atoms with van der Waals surface area (Å²) in [6.45, 7) is 1.05. The molecule has 0 radical (unpaired) electrons. The monoisotopic (exact) mass is 439 g/mol. The highest BCUT2D eigenvalue weighted by molar-refractivity contribution is 5.96. The molecule has 8 nitrogen and oxygen atoms in total. The van der Waals surface area contributed by atoms with Crippen molar-refractivity contribution in [3.63, 3.8) is 0 Å². The van der Waals surface area contributed by atoms with Crippen LogP contribution in [0, 0.1) is 0 Å². The van der Waals surface area contributed by atoms with Crippen molar-refractivity contribution in [3.05, 3.63) is 59.7 Å². The molecule has 0 aliphatic carbocycles. The minimum absolute atomic E-state index is 0.0191. The smallest absolute Gasteiger partial charge is 0.251 e. The summed E-state index contributed by atoms with van der Waals surface area (Å²) in [5.74, 6) is 0.746. The lowest BCUT2D eigenvalue weighted by atomic mass is 10.0. The topological polar surface area (TPSA) is 97.0 Å². The van der Waals surface area contributed by atoms with Crippen LogP contribution in [0.2, 0.25) is 0 Å². The third-order valence-electron chi connectivity index (χ3n) is 5.46. The number of rotatable bonds is 8. The molecule has 8 heteroatoms. The van der Waals surface area contributed by atoms with Gasteiger partial charge in [-0.25, -0.2) is 0 Å². The fraction of sp³-hybridized carbons (Fsp3) is 0.375. The van der Waals surface area contributed by atoms with Crippen molar-refractivity contribution in [1.29, 1.82) is 0 Å². The Balaban J connectivity index is 1.41. The summed E-state index contributed by atoms with van der Waals surface area (Å²) in [5, 5.41) is 5.71. The van der Waals surface area contributed by atoms with E-state index in [1.54, 1.807) is 55.5 Å². The predicted molar refractivity (Wildman–Crippen MR) is 120 cm³/mol. The Morgan fingerprint density at radius 3 is 2.31 bits per heavy atom. The van der Waals surface area contributed by atoms with Gasteiger partial charge in [-0.2, -0.15) is 0 Å². The molecule has 0 spiro atoms. The van der Waals surface area contributed by atoms with Gasteiger partial charge in [0.15, 0.2) is 11.5 Å². The molecule has 1 saturated heterocycles. The van der Waals surface area contributed by atoms with Gasteiger partial charge in [0.1, 0.15) is 0 Å². The second-order valence-electron chi connectivity index (χ2n) is 7.64. The normalized spacial score (nSPS) is 13.9. The number of hydrogen-bond donors (Lipinski definition) is 2. The van der Waals surface area contributed by atoms with Gasteiger partial charge in [-0.1, -0.05) is 24.3 Å². The summed E-state index contributed by atoms with van der Waals surface area (Å²) in [7, 11) is 3.13. The lowest BCUT2D eigenvalue weighted by molar-refractivity contribution is -0.131. The van der Waals surface area contributed by atoms with Gasteiger partial charge in [0.05, 0.1) is 27.2 Å². The molecular weight excluding hydrogens is 410 g/mol. The molecule has 1 aliphatic rings. The number of amides is 3. The van der Waals surface area contributed by atoms with Crippen molar-refractivity contribution in [1.82, 2.24) is 15.5 Å². The quantitative estimate of drug-likeness (QED) is 0.654. The molecule has 0 saturated carbocycles. The molecule has 0 atom stereocenters. The van der Waals surface area contributed by atoms with E-state index in [1.165, 1.54) is 0 Å². The van der Waals surface area contributed by atoms with Crippen LogP contribution < -0.4 is 20.1 Å². The summed E-state index contributed by atoms with van der Waals surface area (Å²) in [4.78, 5) is 38.7. The van der Waals surface area contributed by atoms with Crippen LogP contribution in [0.5, 0.6) is 11.5 Å². The molecule has 1 heterocycles. The maximum atomic E-state index is 12.5. The molecule has 2 aromatic rings. The number of methoxy groups -OCH3 is 2. The molecule has 0 unspecified atom stereocenters. The van der Waals surface area contributed by atoms with E-state index < -0.39 is 0 Å². The second-order valence-corrected chi connectivity index (χ2v) is 7.64. The SMILES string of the molecule is COc1ccc(CC(=O)NC2CCN(C(=O)CNC(=O)c3ccccc3)CC2)cc1OC. The summed E-state index contributed by atoms with van der Waals surface area (Å²) in [6, 6.07) is 14.2. The van der Waals surface area contributed by atoms with Crippen LogP contribution in [0.4, 0.5) is 0 Å². The number of nitrogens with zero attached hydrogens (tertiary/aromatic N) is 1. The van der Waals surface area contributed by atoms with Gasteiger partial charge < -0.3 is 25.0 Å². The highest BCUT2D eigenvalue weighted by Crippen LogP contribution is 2.27. The number of ether oxygens (including phenoxy) is 2. The number of carbonyl (C=O) groups excluding carboxylic acids is 3. The van der Waals surface area contributed by atoms with Gasteiger partial charge in [-0.3, -0.25) is 14.4 Å². The molecule has 2 aromatic carbocycles. The summed E-state index contributed by atoms with van der Waals surface area (Å²) >= 11 is 0. The first-order valence-corrected chi connectivity index (χ1v) is 10.6. The van der Waals surface area contributed by atoms with E-state index in [4.69, 9.17) is 9.47 Å². The van der Waals surface area contributed by atoms with Crippen LogP contribution in [0.1, 0.15) is 28.8 Å². The van der Waals surface area contributed by atoms with Crippen LogP contribution >= 0.6 is 0 Å². The Morgan fingerprint density at radius 2 is 1.66 bits per heavy atom. The third kappa shape index (κ3) is 6.23. The van der Waals surface area contributed by atoms with Crippen molar-refractivity contribution in [2.24, 2.45) is 0 Å². The number of nitrogens with one attached hydrogen (secondary N) is 2. The fourth-order valence-corrected chi connectivity index (χ4v) is 3.69. The van der Waals surface area contributed by atoms with Crippen molar-refractivity contribution in [2.45, 2.75) is 25.3 Å². The minimum Gasteiger partial charge on any atom is -0.493 e. The molecular formula is C24H29N3O5. The Bertz CT molecular complexity index is 940. The van der Waals surface area contributed by atoms with Crippen LogP contribution in [-0.2, 0) is 16.0 Å². The lowest BCUT2D eigenvalue weighted by Gasteiger charge is -2.32. The number of benzene rings is 2. The molecule has 2 N–H and O–H groups in total. The number of carbonyl (C=O) groups is 3. The third-order valence-corrected chi connectivity index (χ3v) is 5.46. The van der Waals surface area contributed by atoms with E-state index in [9.17, 15) is 14.4 Å². The van der Waals surface area contributed by atoms with Gasteiger partial charge in [-0.05, 0) is 42.7 Å². The average Bonchev–Trinajstić information content (AvgIpc) is 2.83. The zero-order chi connectivity index (χ0) is 22.9. The Kier molecular flexibility index (Phi) is 8.08. The molecule has 32 heavy (non-hydrogen) atoms. The van der Waals surface area contributed by atoms with E-state index in [1.807, 2.05) is 12.1 Å². The summed E-state index contributed by atoms with van der Waals surface area (Å²) < 4.78 is 10.5. The first-order chi connectivity index (χ1) is 15.5. The zero-order valence-electron chi connectivity index (χ0n) is 18.4. The molecule has 0 bridgehead atoms. The van der Waals surface area contributed by atoms with Crippen molar-refractivity contribution < 1.29 is 23.9 Å². The van der Waals surface area contributed by atoms with E-state index >= 15 is 0 Å². The zero-order valence-corrected chi connectivity index (χ0v) is 18.4. The molecule has 0 aromatic heterocycles. The van der Waals surface area contributed by atoms with E-state index in [0.29, 0.717) is 43.0 Å². The second kappa shape index (κ2) is 11.2. The molecule has 3 rings (SSSR count). The first-order valence-electron chi connectivity index (χ1n) is 10.6. The molecule has 170 valence electrons. The van der Waals surface area contributed by atoms with Crippen LogP contribution in [-0.4, -0.2) is 62.5 Å². The lowest BCUT2D eigenvalue weighted by Crippen LogP contribution is -2.49. The average molecular weight is 440 g/mol. The fourth-order valence-electron chi connectivity index (χ4n) is 3.69. The standard InChI is InChI=1S/C24H29N3O5/c1-31-20-9-8-17(14-21(20)32-2)15-22(28)26-19-10-12-27(13-11-19)23(29)16-25-24(30)18-6-4-3-5-7-18/h3-9,14,19H,10-13,15-16H2,1-2H3,(H,25,30)(H,26,28). The van der Waals surface area contributed by atoms with Crippen molar-refractivity contribution >= 4 is 17.7 Å². The maximum Gasteiger partial charge on any atom is 0.251 e.